The van der Waals surface area contributed by atoms with E-state index in [2.05, 4.69) is 0 Å². The fraction of sp³-hybridized carbons (Fsp3) is 0.500. The van der Waals surface area contributed by atoms with Crippen LogP contribution < -0.4 is 0 Å². The summed E-state index contributed by atoms with van der Waals surface area (Å²) < 4.78 is 0. The van der Waals surface area contributed by atoms with Gasteiger partial charge in [-0.05, 0) is 25.0 Å². The minimum Gasteiger partial charge on any atom is -0.481 e. The van der Waals surface area contributed by atoms with Crippen molar-refractivity contribution in [2.45, 2.75) is 44.1 Å². The minimum atomic E-state index is -0.865. The van der Waals surface area contributed by atoms with Crippen LogP contribution in [-0.4, -0.2) is 34.5 Å². The van der Waals surface area contributed by atoms with Gasteiger partial charge in [0.15, 0.2) is 0 Å². The minimum absolute atomic E-state index is 0.0142. The molecule has 0 aromatic heterocycles. The van der Waals surface area contributed by atoms with Crippen LogP contribution in [0.4, 0.5) is 0 Å². The smallest absolute Gasteiger partial charge is 0.305 e. The van der Waals surface area contributed by atoms with Gasteiger partial charge in [-0.25, -0.2) is 0 Å². The van der Waals surface area contributed by atoms with E-state index in [0.717, 1.165) is 32.1 Å². The summed E-state index contributed by atoms with van der Waals surface area (Å²) in [5, 5.41) is 9.62. The maximum Gasteiger partial charge on any atom is 0.305 e. The Balaban J connectivity index is 2.29. The molecule has 5 heteroatoms. The molecule has 0 atom stereocenters. The molecule has 0 bridgehead atoms. The quantitative estimate of drug-likeness (QED) is 0.924. The van der Waals surface area contributed by atoms with Gasteiger partial charge in [-0.3, -0.25) is 9.59 Å². The van der Waals surface area contributed by atoms with E-state index in [1.807, 2.05) is 0 Å². The van der Waals surface area contributed by atoms with Crippen LogP contribution in [0.3, 0.4) is 0 Å². The van der Waals surface area contributed by atoms with Crippen molar-refractivity contribution in [3.05, 3.63) is 34.9 Å². The third kappa shape index (κ3) is 3.38. The van der Waals surface area contributed by atoms with Gasteiger partial charge in [-0.2, -0.15) is 0 Å². The summed E-state index contributed by atoms with van der Waals surface area (Å²) in [4.78, 5) is 25.5. The predicted octanol–water partition coefficient (Wildman–Crippen LogP) is 3.59. The Morgan fingerprint density at radius 3 is 2.43 bits per heavy atom. The van der Waals surface area contributed by atoms with Crippen LogP contribution >= 0.6 is 11.6 Å². The molecule has 1 aromatic rings. The molecule has 0 aliphatic heterocycles. The first-order valence-corrected chi connectivity index (χ1v) is 7.58. The average molecular weight is 310 g/mol. The van der Waals surface area contributed by atoms with Crippen LogP contribution in [-0.2, 0) is 4.79 Å². The second-order valence-electron chi connectivity index (χ2n) is 5.70. The normalized spacial score (nSPS) is 17.2. The van der Waals surface area contributed by atoms with E-state index in [1.165, 1.54) is 0 Å². The fourth-order valence-corrected chi connectivity index (χ4v) is 3.37. The van der Waals surface area contributed by atoms with Crippen LogP contribution in [0.5, 0.6) is 0 Å². The molecular formula is C16H20ClNO3. The third-order valence-electron chi connectivity index (χ3n) is 4.38. The molecule has 1 aliphatic rings. The van der Waals surface area contributed by atoms with E-state index < -0.39 is 11.5 Å². The lowest BCUT2D eigenvalue weighted by Crippen LogP contribution is -2.52. The number of hydrogen-bond donors (Lipinski definition) is 1. The molecule has 1 saturated carbocycles. The molecule has 0 unspecified atom stereocenters. The average Bonchev–Trinajstić information content (AvgIpc) is 2.46. The molecule has 1 aromatic carbocycles. The number of carboxylic acid groups (broad SMARTS) is 1. The maximum absolute atomic E-state index is 12.7. The Labute approximate surface area is 129 Å². The topological polar surface area (TPSA) is 57.6 Å². The lowest BCUT2D eigenvalue weighted by atomic mass is 9.78. The van der Waals surface area contributed by atoms with Gasteiger partial charge in [0.05, 0.1) is 22.5 Å². The summed E-state index contributed by atoms with van der Waals surface area (Å²) in [6, 6.07) is 6.89. The summed E-state index contributed by atoms with van der Waals surface area (Å²) in [6.45, 7) is 0. The van der Waals surface area contributed by atoms with E-state index in [1.54, 1.807) is 36.2 Å². The fourth-order valence-electron chi connectivity index (χ4n) is 3.15. The zero-order chi connectivity index (χ0) is 15.5. The van der Waals surface area contributed by atoms with E-state index in [4.69, 9.17) is 11.6 Å². The number of amides is 1. The number of carbonyl (C=O) groups is 2. The highest BCUT2D eigenvalue weighted by Gasteiger charge is 2.40. The van der Waals surface area contributed by atoms with Gasteiger partial charge in [0, 0.05) is 7.05 Å². The Kier molecular flexibility index (Phi) is 4.88. The van der Waals surface area contributed by atoms with Gasteiger partial charge in [-0.15, -0.1) is 0 Å². The second-order valence-corrected chi connectivity index (χ2v) is 6.11. The van der Waals surface area contributed by atoms with Crippen molar-refractivity contribution < 1.29 is 14.7 Å². The molecule has 4 nitrogen and oxygen atoms in total. The van der Waals surface area contributed by atoms with Crippen LogP contribution in [0.15, 0.2) is 24.3 Å². The van der Waals surface area contributed by atoms with Crippen LogP contribution in [0, 0.1) is 0 Å². The van der Waals surface area contributed by atoms with Gasteiger partial charge < -0.3 is 10.0 Å². The molecule has 1 fully saturated rings. The highest BCUT2D eigenvalue weighted by molar-refractivity contribution is 6.33. The molecule has 0 radical (unpaired) electrons. The molecule has 2 rings (SSSR count). The van der Waals surface area contributed by atoms with E-state index in [-0.39, 0.29) is 12.3 Å². The first-order chi connectivity index (χ1) is 9.96. The summed E-state index contributed by atoms with van der Waals surface area (Å²) in [6.07, 6.45) is 4.44. The van der Waals surface area contributed by atoms with Crippen molar-refractivity contribution >= 4 is 23.5 Å². The van der Waals surface area contributed by atoms with Gasteiger partial charge >= 0.3 is 5.97 Å². The van der Waals surface area contributed by atoms with Gasteiger partial charge in [0.2, 0.25) is 0 Å². The largest absolute Gasteiger partial charge is 0.481 e. The maximum atomic E-state index is 12.7. The molecule has 0 spiro atoms. The van der Waals surface area contributed by atoms with Gasteiger partial charge in [0.1, 0.15) is 0 Å². The Bertz CT molecular complexity index is 538. The van der Waals surface area contributed by atoms with Crippen LogP contribution in [0.1, 0.15) is 48.9 Å². The zero-order valence-corrected chi connectivity index (χ0v) is 12.9. The number of carboxylic acids is 1. The number of hydrogen-bond acceptors (Lipinski definition) is 2. The van der Waals surface area contributed by atoms with Gasteiger partial charge in [0.25, 0.3) is 5.91 Å². The van der Waals surface area contributed by atoms with Crippen LogP contribution in [0.2, 0.25) is 5.02 Å². The van der Waals surface area contributed by atoms with Crippen LogP contribution in [0.25, 0.3) is 0 Å². The highest BCUT2D eigenvalue weighted by atomic mass is 35.5. The first-order valence-electron chi connectivity index (χ1n) is 7.21. The standard InChI is InChI=1S/C16H20ClNO3/c1-18(15(21)12-7-3-4-8-13(12)17)16(11-14(19)20)9-5-2-6-10-16/h3-4,7-8H,2,5-6,9-11H2,1H3,(H,19,20). The number of halogens is 1. The van der Waals surface area contributed by atoms with E-state index in [9.17, 15) is 14.7 Å². The van der Waals surface area contributed by atoms with Crippen molar-refractivity contribution in [1.29, 1.82) is 0 Å². The molecule has 114 valence electrons. The SMILES string of the molecule is CN(C(=O)c1ccccc1Cl)C1(CC(=O)O)CCCCC1. The number of aliphatic carboxylic acids is 1. The first kappa shape index (κ1) is 15.8. The van der Waals surface area contributed by atoms with Gasteiger partial charge in [-0.1, -0.05) is 43.0 Å². The Morgan fingerprint density at radius 1 is 1.24 bits per heavy atom. The Morgan fingerprint density at radius 2 is 1.86 bits per heavy atom. The van der Waals surface area contributed by atoms with Crippen molar-refractivity contribution in [1.82, 2.24) is 4.90 Å². The number of rotatable bonds is 4. The predicted molar refractivity (Wildman–Crippen MR) is 81.6 cm³/mol. The monoisotopic (exact) mass is 309 g/mol. The number of benzene rings is 1. The molecule has 1 amide bonds. The molecule has 0 heterocycles. The van der Waals surface area contributed by atoms with E-state index >= 15 is 0 Å². The van der Waals surface area contributed by atoms with Crippen molar-refractivity contribution in [3.8, 4) is 0 Å². The molecule has 0 saturated heterocycles. The van der Waals surface area contributed by atoms with Crippen molar-refractivity contribution in [2.24, 2.45) is 0 Å². The molecule has 1 N–H and O–H groups in total. The zero-order valence-electron chi connectivity index (χ0n) is 12.1. The summed E-state index contributed by atoms with van der Waals surface area (Å²) >= 11 is 6.09. The van der Waals surface area contributed by atoms with E-state index in [0.29, 0.717) is 10.6 Å². The summed E-state index contributed by atoms with van der Waals surface area (Å²) in [5.74, 6) is -1.07. The van der Waals surface area contributed by atoms with Crippen molar-refractivity contribution in [2.75, 3.05) is 7.05 Å². The number of carbonyl (C=O) groups excluding carboxylic acids is 1. The number of nitrogens with zero attached hydrogens (tertiary/aromatic N) is 1. The lowest BCUT2D eigenvalue weighted by Gasteiger charge is -2.44. The second kappa shape index (κ2) is 6.48. The molecular weight excluding hydrogens is 290 g/mol. The summed E-state index contributed by atoms with van der Waals surface area (Å²) in [7, 11) is 1.69. The molecule has 21 heavy (non-hydrogen) atoms. The highest BCUT2D eigenvalue weighted by Crippen LogP contribution is 2.37. The van der Waals surface area contributed by atoms with Crippen molar-refractivity contribution in [3.63, 3.8) is 0 Å². The Hall–Kier alpha value is -1.55. The molecule has 1 aliphatic carbocycles. The third-order valence-corrected chi connectivity index (χ3v) is 4.71. The lowest BCUT2D eigenvalue weighted by molar-refractivity contribution is -0.140. The summed E-state index contributed by atoms with van der Waals surface area (Å²) in [5.41, 5.74) is -0.169.